The van der Waals surface area contributed by atoms with Gasteiger partial charge in [0.05, 0.1) is 0 Å². The average molecular weight is 1810 g/mol. The summed E-state index contributed by atoms with van der Waals surface area (Å²) in [6.45, 7) is 12.0. The highest BCUT2D eigenvalue weighted by atomic mass is 15.2. The zero-order valence-electron chi connectivity index (χ0n) is 80.4. The van der Waals surface area contributed by atoms with Crippen LogP contribution in [0.5, 0.6) is 0 Å². The average Bonchev–Trinajstić information content (AvgIpc) is 0.788. The third-order valence-electron chi connectivity index (χ3n) is 26.4. The van der Waals surface area contributed by atoms with Crippen molar-refractivity contribution in [1.29, 1.82) is 0 Å². The van der Waals surface area contributed by atoms with Crippen LogP contribution >= 0.6 is 0 Å². The minimum atomic E-state index is 1.11. The second kappa shape index (κ2) is 42.7. The van der Waals surface area contributed by atoms with Crippen LogP contribution in [-0.4, -0.2) is 0 Å². The summed E-state index contributed by atoms with van der Waals surface area (Å²) in [5.74, 6) is 0. The second-order valence-corrected chi connectivity index (χ2v) is 34.6. The predicted octanol–water partition coefficient (Wildman–Crippen LogP) is 40.6. The summed E-state index contributed by atoms with van der Waals surface area (Å²) in [6, 6.07) is 199. The molecule has 676 valence electrons. The number of rotatable bonds is 16. The van der Waals surface area contributed by atoms with Crippen molar-refractivity contribution in [2.24, 2.45) is 0 Å². The minimum absolute atomic E-state index is 1.11. The molecule has 0 saturated carbocycles. The van der Waals surface area contributed by atoms with Crippen LogP contribution in [0, 0.1) is 0 Å². The van der Waals surface area contributed by atoms with Gasteiger partial charge >= 0.3 is 0 Å². The lowest BCUT2D eigenvalue weighted by Gasteiger charge is -2.27. The monoisotopic (exact) mass is 1810 g/mol. The molecule has 141 heavy (non-hydrogen) atoms. The minimum Gasteiger partial charge on any atom is -0.310 e. The van der Waals surface area contributed by atoms with Gasteiger partial charge in [-0.15, -0.1) is 0 Å². The molecule has 0 amide bonds. The largest absolute Gasteiger partial charge is 0.310 e. The van der Waals surface area contributed by atoms with Gasteiger partial charge in [-0.1, -0.05) is 442 Å². The van der Waals surface area contributed by atoms with Gasteiger partial charge in [-0.3, -0.25) is 0 Å². The Labute approximate surface area is 828 Å². The highest BCUT2D eigenvalue weighted by Gasteiger charge is 2.22. The number of nitrogens with zero attached hydrogens (tertiary/aromatic N) is 3. The molecule has 0 fully saturated rings. The molecule has 0 spiro atoms. The van der Waals surface area contributed by atoms with Gasteiger partial charge in [-0.25, -0.2) is 0 Å². The molecule has 0 aliphatic heterocycles. The number of benzene rings is 25. The lowest BCUT2D eigenvalue weighted by molar-refractivity contribution is 1.28. The molecule has 25 aromatic carbocycles. The van der Waals surface area contributed by atoms with E-state index in [-0.39, 0.29) is 0 Å². The molecule has 25 aromatic rings. The molecular formula is C138H109N3. The summed E-state index contributed by atoms with van der Waals surface area (Å²) in [5, 5.41) is 22.8. The molecule has 0 heterocycles. The van der Waals surface area contributed by atoms with Crippen LogP contribution in [0.25, 0.3) is 175 Å². The fraction of sp³-hybridized carbons (Fsp3) is 0.0435. The fourth-order valence-electron chi connectivity index (χ4n) is 19.8. The first kappa shape index (κ1) is 91.0. The van der Waals surface area contributed by atoms with E-state index >= 15 is 0 Å². The van der Waals surface area contributed by atoms with Crippen molar-refractivity contribution in [3.63, 3.8) is 0 Å². The summed E-state index contributed by atoms with van der Waals surface area (Å²) in [4.78, 5) is 7.06. The van der Waals surface area contributed by atoms with E-state index in [0.29, 0.717) is 0 Å². The first-order valence-electron chi connectivity index (χ1n) is 49.4. The third kappa shape index (κ3) is 19.3. The van der Waals surface area contributed by atoms with Gasteiger partial charge in [0.15, 0.2) is 0 Å². The maximum atomic E-state index is 2.36. The topological polar surface area (TPSA) is 9.72 Å². The Morgan fingerprint density at radius 2 is 0.312 bits per heavy atom. The number of fused-ring (bicyclic) bond motifs is 12. The summed E-state index contributed by atoms with van der Waals surface area (Å²) >= 11 is 0. The zero-order chi connectivity index (χ0) is 95.8. The SMILES string of the molecule is CC.CC.CC.c1ccc(-c2ccc(N(c3ccccc3)c3cc(-c4ccc5ccccc5c4)cc(-c4ccc5ccccc5c4)c3)cc2)cc1.c1ccc(N(c2ccc(-c3cc4ccccc4c4ccccc34)cc2)c2cccc(-c3cc4ccccc4c4ccccc34)c2)cc1.c1ccc(N(c2ccc(-c3cc4ccccc4c4ccccc34)cc2)c2cccc(-c3ccc4ccccc4c3)c2)cc1. The van der Waals surface area contributed by atoms with Crippen molar-refractivity contribution in [3.8, 4) is 77.9 Å². The van der Waals surface area contributed by atoms with E-state index in [1.54, 1.807) is 0 Å². The summed E-state index contributed by atoms with van der Waals surface area (Å²) in [6.07, 6.45) is 0. The molecule has 0 bridgehead atoms. The standard InChI is InChI=1S/C46H31N.C44H31N.C42H29N.3C2H6/c1-2-16-36(17-3-1)47(37-27-25-32(26-28-37)45-30-34-13-4-6-19-39(34)41-21-8-10-23-43(41)45)38-18-12-15-33(29-38)46-31-35-14-5-7-20-40(35)42-22-9-11-24-44(42)46;1-3-11-32(12-4-1)35-23-25-43(26-24-35)45(42-17-5-2-6-18-42)44-30-40(38-21-19-33-13-7-9-15-36(33)27-38)29-41(31-44)39-22-20-34-14-8-10-16-37(34)28-39;1-2-15-36(16-3-1)43(38-17-10-14-33(28-38)34-22-21-30-11-4-5-12-32(30)27-34)37-25-23-31(24-26-37)42-29-35-13-6-7-18-39(35)40-19-8-9-20-41(40)42;3*1-2/h1-31H;1-31H;1-29H;3*1-2H3. The zero-order valence-corrected chi connectivity index (χ0v) is 80.4. The number of anilines is 9. The van der Waals surface area contributed by atoms with Crippen LogP contribution in [0.1, 0.15) is 41.5 Å². The quantitative estimate of drug-likeness (QED) is 0.0893. The van der Waals surface area contributed by atoms with Crippen molar-refractivity contribution >= 4 is 148 Å². The van der Waals surface area contributed by atoms with Gasteiger partial charge in [0.25, 0.3) is 0 Å². The van der Waals surface area contributed by atoms with Crippen molar-refractivity contribution in [1.82, 2.24) is 0 Å². The molecule has 0 saturated heterocycles. The number of hydrogen-bond acceptors (Lipinski definition) is 3. The van der Waals surface area contributed by atoms with Crippen molar-refractivity contribution < 1.29 is 0 Å². The van der Waals surface area contributed by atoms with Gasteiger partial charge in [0, 0.05) is 51.2 Å². The Hall–Kier alpha value is -17.8. The van der Waals surface area contributed by atoms with Crippen LogP contribution in [-0.2, 0) is 0 Å². The summed E-state index contributed by atoms with van der Waals surface area (Å²) < 4.78 is 0. The molecule has 0 aliphatic rings. The molecule has 3 heteroatoms. The number of para-hydroxylation sites is 3. The Morgan fingerprint density at radius 1 is 0.0993 bits per heavy atom. The first-order chi connectivity index (χ1) is 69.9. The van der Waals surface area contributed by atoms with Crippen molar-refractivity contribution in [2.45, 2.75) is 41.5 Å². The van der Waals surface area contributed by atoms with E-state index in [0.717, 1.165) is 51.2 Å². The molecule has 3 nitrogen and oxygen atoms in total. The smallest absolute Gasteiger partial charge is 0.0473 e. The maximum Gasteiger partial charge on any atom is 0.0473 e. The van der Waals surface area contributed by atoms with E-state index < -0.39 is 0 Å². The van der Waals surface area contributed by atoms with Crippen LogP contribution in [0.2, 0.25) is 0 Å². The Bertz CT molecular complexity index is 8560. The van der Waals surface area contributed by atoms with Crippen molar-refractivity contribution in [3.05, 3.63) is 552 Å². The van der Waals surface area contributed by atoms with Crippen LogP contribution in [0.3, 0.4) is 0 Å². The van der Waals surface area contributed by atoms with Gasteiger partial charge < -0.3 is 14.7 Å². The van der Waals surface area contributed by atoms with E-state index in [1.807, 2.05) is 41.5 Å². The highest BCUT2D eigenvalue weighted by Crippen LogP contribution is 2.47. The predicted molar refractivity (Wildman–Crippen MR) is 613 cm³/mol. The number of hydrogen-bond donors (Lipinski definition) is 0. The molecule has 0 N–H and O–H groups in total. The van der Waals surface area contributed by atoms with E-state index in [2.05, 4.69) is 567 Å². The molecule has 25 rings (SSSR count). The molecule has 0 unspecified atom stereocenters. The highest BCUT2D eigenvalue weighted by molar-refractivity contribution is 6.17. The molecule has 0 aromatic heterocycles. The normalized spacial score (nSPS) is 10.9. The van der Waals surface area contributed by atoms with E-state index in [4.69, 9.17) is 0 Å². The van der Waals surface area contributed by atoms with Crippen LogP contribution in [0.4, 0.5) is 51.2 Å². The van der Waals surface area contributed by atoms with Crippen LogP contribution < -0.4 is 14.7 Å². The summed E-state index contributed by atoms with van der Waals surface area (Å²) in [5.41, 5.74) is 27.0. The fourth-order valence-corrected chi connectivity index (χ4v) is 19.8. The molecule has 0 aliphatic carbocycles. The van der Waals surface area contributed by atoms with Gasteiger partial charge in [0.1, 0.15) is 0 Å². The van der Waals surface area contributed by atoms with Gasteiger partial charge in [0.2, 0.25) is 0 Å². The Balaban J connectivity index is 0.000000126. The Morgan fingerprint density at radius 3 is 0.667 bits per heavy atom. The lowest BCUT2D eigenvalue weighted by Crippen LogP contribution is -2.10. The van der Waals surface area contributed by atoms with Crippen molar-refractivity contribution in [2.75, 3.05) is 14.7 Å². The van der Waals surface area contributed by atoms with Gasteiger partial charge in [-0.2, -0.15) is 0 Å². The molecular weight excluding hydrogens is 1700 g/mol. The maximum absolute atomic E-state index is 2.36. The molecule has 0 atom stereocenters. The van der Waals surface area contributed by atoms with E-state index in [9.17, 15) is 0 Å². The second-order valence-electron chi connectivity index (χ2n) is 34.6. The first-order valence-corrected chi connectivity index (χ1v) is 49.4. The Kier molecular flexibility index (Phi) is 27.5. The third-order valence-corrected chi connectivity index (χ3v) is 26.4. The lowest BCUT2D eigenvalue weighted by atomic mass is 9.93. The molecule has 0 radical (unpaired) electrons. The summed E-state index contributed by atoms with van der Waals surface area (Å²) in [7, 11) is 0. The van der Waals surface area contributed by atoms with Crippen LogP contribution in [0.15, 0.2) is 552 Å². The van der Waals surface area contributed by atoms with E-state index in [1.165, 1.54) is 175 Å². The van der Waals surface area contributed by atoms with Gasteiger partial charge in [-0.05, 0) is 326 Å².